The molecule has 112 valence electrons. The molecule has 20 heavy (non-hydrogen) atoms. The quantitative estimate of drug-likeness (QED) is 0.561. The number of carbonyl (C=O) groups is 2. The second-order valence-corrected chi connectivity index (χ2v) is 4.95. The summed E-state index contributed by atoms with van der Waals surface area (Å²) in [7, 11) is 0. The maximum atomic E-state index is 11.7. The molecule has 0 radical (unpaired) electrons. The standard InChI is InChI=1S/C14H20N2O3.BrH/c1-11(2)10-12(14(18)19)15-13(17)6-9-16-7-4-3-5-8-16;/h3-5,7-8,11-12H,6,9-10H2,1-2H3,(H-,15,17,18,19);1H. The van der Waals surface area contributed by atoms with Crippen LogP contribution in [0.5, 0.6) is 0 Å². The molecule has 0 saturated heterocycles. The first-order valence-corrected chi connectivity index (χ1v) is 6.45. The summed E-state index contributed by atoms with van der Waals surface area (Å²) in [6, 6.07) is 4.88. The Kier molecular flexibility index (Phi) is 8.79. The summed E-state index contributed by atoms with van der Waals surface area (Å²) in [6.07, 6.45) is 4.46. The third-order valence-corrected chi connectivity index (χ3v) is 2.71. The van der Waals surface area contributed by atoms with Gasteiger partial charge >= 0.3 is 5.97 Å². The zero-order valence-corrected chi connectivity index (χ0v) is 13.3. The van der Waals surface area contributed by atoms with Crippen molar-refractivity contribution in [3.63, 3.8) is 0 Å². The summed E-state index contributed by atoms with van der Waals surface area (Å²) in [5.41, 5.74) is 0. The number of aryl methyl sites for hydroxylation is 1. The van der Waals surface area contributed by atoms with Crippen LogP contribution in [0.1, 0.15) is 26.7 Å². The second kappa shape index (κ2) is 9.47. The Labute approximate surface area is 129 Å². The third-order valence-electron chi connectivity index (χ3n) is 2.71. The van der Waals surface area contributed by atoms with E-state index in [0.29, 0.717) is 13.0 Å². The summed E-state index contributed by atoms with van der Waals surface area (Å²) in [6.45, 7) is 4.41. The number of amides is 1. The number of aliphatic carboxylic acids is 1. The molecular formula is C14H21BrN2O3. The molecule has 0 bridgehead atoms. The Morgan fingerprint density at radius 1 is 1.20 bits per heavy atom. The van der Waals surface area contributed by atoms with E-state index in [0.717, 1.165) is 0 Å². The van der Waals surface area contributed by atoms with Crippen LogP contribution in [0.3, 0.4) is 0 Å². The maximum Gasteiger partial charge on any atom is 0.326 e. The highest BCUT2D eigenvalue weighted by Crippen LogP contribution is 2.05. The molecule has 0 saturated carbocycles. The van der Waals surface area contributed by atoms with E-state index in [9.17, 15) is 9.59 Å². The monoisotopic (exact) mass is 344 g/mol. The first-order valence-electron chi connectivity index (χ1n) is 6.45. The van der Waals surface area contributed by atoms with Crippen molar-refractivity contribution in [3.8, 4) is 0 Å². The molecule has 5 nitrogen and oxygen atoms in total. The Morgan fingerprint density at radius 3 is 2.30 bits per heavy atom. The summed E-state index contributed by atoms with van der Waals surface area (Å²) in [5.74, 6) is -0.983. The van der Waals surface area contributed by atoms with E-state index < -0.39 is 12.0 Å². The van der Waals surface area contributed by atoms with Gasteiger partial charge in [-0.2, -0.15) is 0 Å². The van der Waals surface area contributed by atoms with Crippen LogP contribution >= 0.6 is 0 Å². The molecule has 0 fully saturated rings. The molecule has 1 aromatic rings. The van der Waals surface area contributed by atoms with Crippen LogP contribution in [-0.4, -0.2) is 23.0 Å². The van der Waals surface area contributed by atoms with Gasteiger partial charge in [0.25, 0.3) is 0 Å². The SMILES string of the molecule is CC(C)CC(NC(=O)CC[n+]1ccccc1)C(=O)O.[Br-]. The molecule has 2 N–H and O–H groups in total. The van der Waals surface area contributed by atoms with Gasteiger partial charge in [-0.3, -0.25) is 4.79 Å². The molecule has 1 unspecified atom stereocenters. The Hall–Kier alpha value is -1.43. The number of nitrogens with one attached hydrogen (secondary N) is 1. The predicted molar refractivity (Wildman–Crippen MR) is 70.3 cm³/mol. The van der Waals surface area contributed by atoms with Gasteiger partial charge in [-0.25, -0.2) is 9.36 Å². The number of aromatic nitrogens is 1. The minimum Gasteiger partial charge on any atom is -1.00 e. The lowest BCUT2D eigenvalue weighted by molar-refractivity contribution is -0.695. The van der Waals surface area contributed by atoms with Crippen molar-refractivity contribution in [2.45, 2.75) is 39.3 Å². The van der Waals surface area contributed by atoms with Gasteiger partial charge in [0.1, 0.15) is 6.04 Å². The van der Waals surface area contributed by atoms with Gasteiger partial charge in [0.05, 0.1) is 6.42 Å². The molecule has 1 atom stereocenters. The van der Waals surface area contributed by atoms with Crippen LogP contribution in [0.2, 0.25) is 0 Å². The molecule has 0 aliphatic carbocycles. The number of halogens is 1. The number of rotatable bonds is 7. The number of hydrogen-bond acceptors (Lipinski definition) is 2. The lowest BCUT2D eigenvalue weighted by Gasteiger charge is -2.15. The lowest BCUT2D eigenvalue weighted by atomic mass is 10.0. The Balaban J connectivity index is 0.00000361. The van der Waals surface area contributed by atoms with Gasteiger partial charge in [0, 0.05) is 12.1 Å². The molecule has 0 aliphatic heterocycles. The predicted octanol–water partition coefficient (Wildman–Crippen LogP) is -2.02. The second-order valence-electron chi connectivity index (χ2n) is 4.95. The zero-order valence-electron chi connectivity index (χ0n) is 11.8. The molecule has 1 amide bonds. The van der Waals surface area contributed by atoms with Gasteiger partial charge in [-0.1, -0.05) is 19.9 Å². The van der Waals surface area contributed by atoms with E-state index in [1.807, 2.05) is 49.0 Å². The molecule has 1 heterocycles. The lowest BCUT2D eigenvalue weighted by Crippen LogP contribution is -3.00. The third kappa shape index (κ3) is 7.23. The normalized spacial score (nSPS) is 11.6. The van der Waals surface area contributed by atoms with Crippen molar-refractivity contribution in [3.05, 3.63) is 30.6 Å². The number of carbonyl (C=O) groups excluding carboxylic acids is 1. The Bertz CT molecular complexity index is 424. The minimum absolute atomic E-state index is 0. The number of carboxylic acids is 1. The molecule has 1 rings (SSSR count). The van der Waals surface area contributed by atoms with Gasteiger partial charge in [0.2, 0.25) is 5.91 Å². The molecule has 0 aliphatic rings. The highest BCUT2D eigenvalue weighted by molar-refractivity contribution is 5.83. The number of pyridine rings is 1. The first-order chi connectivity index (χ1) is 8.99. The summed E-state index contributed by atoms with van der Waals surface area (Å²) in [5, 5.41) is 11.6. The highest BCUT2D eigenvalue weighted by atomic mass is 79.9. The van der Waals surface area contributed by atoms with E-state index in [2.05, 4.69) is 5.32 Å². The van der Waals surface area contributed by atoms with Crippen molar-refractivity contribution in [2.24, 2.45) is 5.92 Å². The molecule has 0 spiro atoms. The van der Waals surface area contributed by atoms with Crippen LogP contribution in [0.25, 0.3) is 0 Å². The topological polar surface area (TPSA) is 70.3 Å². The average Bonchev–Trinajstić information content (AvgIpc) is 2.36. The van der Waals surface area contributed by atoms with E-state index >= 15 is 0 Å². The fourth-order valence-electron chi connectivity index (χ4n) is 1.77. The van der Waals surface area contributed by atoms with E-state index in [1.54, 1.807) is 0 Å². The molecule has 1 aromatic heterocycles. The van der Waals surface area contributed by atoms with Crippen LogP contribution in [0.15, 0.2) is 30.6 Å². The molecule has 0 aromatic carbocycles. The average molecular weight is 345 g/mol. The highest BCUT2D eigenvalue weighted by Gasteiger charge is 2.21. The van der Waals surface area contributed by atoms with Crippen LogP contribution in [0.4, 0.5) is 0 Å². The minimum atomic E-state index is -0.977. The van der Waals surface area contributed by atoms with Crippen LogP contribution in [0, 0.1) is 5.92 Å². The van der Waals surface area contributed by atoms with E-state index in [1.165, 1.54) is 0 Å². The fraction of sp³-hybridized carbons (Fsp3) is 0.500. The summed E-state index contributed by atoms with van der Waals surface area (Å²) in [4.78, 5) is 22.7. The van der Waals surface area contributed by atoms with Crippen molar-refractivity contribution < 1.29 is 36.2 Å². The van der Waals surface area contributed by atoms with Crippen molar-refractivity contribution in [2.75, 3.05) is 0 Å². The maximum absolute atomic E-state index is 11.7. The van der Waals surface area contributed by atoms with Crippen LogP contribution in [-0.2, 0) is 16.1 Å². The van der Waals surface area contributed by atoms with E-state index in [4.69, 9.17) is 5.11 Å². The number of carboxylic acid groups (broad SMARTS) is 1. The van der Waals surface area contributed by atoms with Crippen molar-refractivity contribution in [1.82, 2.24) is 5.32 Å². The van der Waals surface area contributed by atoms with E-state index in [-0.39, 0.29) is 35.2 Å². The van der Waals surface area contributed by atoms with Gasteiger partial charge in [-0.05, 0) is 12.3 Å². The molecular weight excluding hydrogens is 324 g/mol. The smallest absolute Gasteiger partial charge is 0.326 e. The summed E-state index contributed by atoms with van der Waals surface area (Å²) >= 11 is 0. The first kappa shape index (κ1) is 18.6. The van der Waals surface area contributed by atoms with Gasteiger partial charge < -0.3 is 27.4 Å². The molecule has 6 heteroatoms. The number of nitrogens with zero attached hydrogens (tertiary/aromatic N) is 1. The van der Waals surface area contributed by atoms with Gasteiger partial charge in [-0.15, -0.1) is 0 Å². The fourth-order valence-corrected chi connectivity index (χ4v) is 1.77. The van der Waals surface area contributed by atoms with Crippen LogP contribution < -0.4 is 26.9 Å². The summed E-state index contributed by atoms with van der Waals surface area (Å²) < 4.78 is 1.89. The van der Waals surface area contributed by atoms with Gasteiger partial charge in [0.15, 0.2) is 18.9 Å². The van der Waals surface area contributed by atoms with Crippen molar-refractivity contribution in [1.29, 1.82) is 0 Å². The number of hydrogen-bond donors (Lipinski definition) is 2. The largest absolute Gasteiger partial charge is 1.00 e. The Morgan fingerprint density at radius 2 is 1.80 bits per heavy atom. The van der Waals surface area contributed by atoms with Crippen molar-refractivity contribution >= 4 is 11.9 Å². The zero-order chi connectivity index (χ0) is 14.3.